The third-order valence-electron chi connectivity index (χ3n) is 3.24. The van der Waals surface area contributed by atoms with Crippen LogP contribution in [0.3, 0.4) is 0 Å². The van der Waals surface area contributed by atoms with Crippen LogP contribution in [0.25, 0.3) is 6.08 Å². The standard InChI is InChI=1S/C20H23NO2/c1-15(2)23-19-6-4-5-17(13-19)11-12-20(22)21-14-18-9-7-16(3)8-10-18/h4-13,15H,14H2,1-3H3,(H,21,22)/b12-11+. The molecule has 3 heteroatoms. The molecule has 0 radical (unpaired) electrons. The summed E-state index contributed by atoms with van der Waals surface area (Å²) in [5, 5.41) is 2.88. The molecular formula is C20H23NO2. The lowest BCUT2D eigenvalue weighted by Crippen LogP contribution is -2.20. The fourth-order valence-corrected chi connectivity index (χ4v) is 2.09. The van der Waals surface area contributed by atoms with Crippen molar-refractivity contribution in [2.75, 3.05) is 0 Å². The van der Waals surface area contributed by atoms with E-state index in [0.29, 0.717) is 6.54 Å². The van der Waals surface area contributed by atoms with E-state index in [1.807, 2.05) is 69.3 Å². The number of rotatable bonds is 6. The molecule has 0 atom stereocenters. The van der Waals surface area contributed by atoms with Crippen LogP contribution in [0.5, 0.6) is 5.75 Å². The first-order valence-electron chi connectivity index (χ1n) is 7.81. The first-order chi connectivity index (χ1) is 11.0. The Morgan fingerprint density at radius 3 is 2.61 bits per heavy atom. The van der Waals surface area contributed by atoms with Gasteiger partial charge in [-0.15, -0.1) is 0 Å². The van der Waals surface area contributed by atoms with E-state index in [1.54, 1.807) is 12.2 Å². The second kappa shape index (κ2) is 8.18. The zero-order valence-electron chi connectivity index (χ0n) is 13.9. The fraction of sp³-hybridized carbons (Fsp3) is 0.250. The molecule has 0 bridgehead atoms. The predicted molar refractivity (Wildman–Crippen MR) is 94.3 cm³/mol. The third-order valence-corrected chi connectivity index (χ3v) is 3.24. The predicted octanol–water partition coefficient (Wildman–Crippen LogP) is 4.11. The number of hydrogen-bond donors (Lipinski definition) is 1. The highest BCUT2D eigenvalue weighted by Crippen LogP contribution is 2.15. The van der Waals surface area contributed by atoms with Gasteiger partial charge in [0.05, 0.1) is 6.10 Å². The quantitative estimate of drug-likeness (QED) is 0.815. The van der Waals surface area contributed by atoms with Crippen LogP contribution in [0.2, 0.25) is 0 Å². The maximum atomic E-state index is 11.9. The largest absolute Gasteiger partial charge is 0.491 e. The lowest BCUT2D eigenvalue weighted by Gasteiger charge is -2.09. The van der Waals surface area contributed by atoms with Crippen molar-refractivity contribution < 1.29 is 9.53 Å². The van der Waals surface area contributed by atoms with E-state index < -0.39 is 0 Å². The van der Waals surface area contributed by atoms with Gasteiger partial charge >= 0.3 is 0 Å². The highest BCUT2D eigenvalue weighted by atomic mass is 16.5. The molecule has 1 amide bonds. The summed E-state index contributed by atoms with van der Waals surface area (Å²) < 4.78 is 5.64. The van der Waals surface area contributed by atoms with Crippen molar-refractivity contribution in [3.05, 3.63) is 71.3 Å². The molecule has 0 saturated carbocycles. The summed E-state index contributed by atoms with van der Waals surface area (Å²) >= 11 is 0. The Bertz CT molecular complexity index is 672. The zero-order chi connectivity index (χ0) is 16.7. The Morgan fingerprint density at radius 2 is 1.91 bits per heavy atom. The summed E-state index contributed by atoms with van der Waals surface area (Å²) in [7, 11) is 0. The molecule has 0 heterocycles. The van der Waals surface area contributed by atoms with Gasteiger partial charge in [-0.25, -0.2) is 0 Å². The van der Waals surface area contributed by atoms with Crippen LogP contribution in [-0.2, 0) is 11.3 Å². The van der Waals surface area contributed by atoms with Crippen molar-refractivity contribution in [2.24, 2.45) is 0 Å². The minimum atomic E-state index is -0.110. The van der Waals surface area contributed by atoms with E-state index in [1.165, 1.54) is 5.56 Å². The van der Waals surface area contributed by atoms with Crippen LogP contribution in [0.1, 0.15) is 30.5 Å². The maximum absolute atomic E-state index is 11.9. The Hall–Kier alpha value is -2.55. The molecule has 1 N–H and O–H groups in total. The Kier molecular flexibility index (Phi) is 5.98. The first kappa shape index (κ1) is 16.8. The van der Waals surface area contributed by atoms with Crippen molar-refractivity contribution >= 4 is 12.0 Å². The van der Waals surface area contributed by atoms with Gasteiger partial charge in [0.2, 0.25) is 5.91 Å². The molecule has 0 aliphatic carbocycles. The molecule has 0 aliphatic rings. The molecule has 0 saturated heterocycles. The topological polar surface area (TPSA) is 38.3 Å². The van der Waals surface area contributed by atoms with E-state index >= 15 is 0 Å². The van der Waals surface area contributed by atoms with Gasteiger partial charge in [0.15, 0.2) is 0 Å². The monoisotopic (exact) mass is 309 g/mol. The van der Waals surface area contributed by atoms with E-state index in [-0.39, 0.29) is 12.0 Å². The average Bonchev–Trinajstić information content (AvgIpc) is 2.52. The summed E-state index contributed by atoms with van der Waals surface area (Å²) in [5.41, 5.74) is 3.24. The van der Waals surface area contributed by atoms with Crippen LogP contribution in [0, 0.1) is 6.92 Å². The van der Waals surface area contributed by atoms with Crippen molar-refractivity contribution in [1.29, 1.82) is 0 Å². The lowest BCUT2D eigenvalue weighted by molar-refractivity contribution is -0.116. The fourth-order valence-electron chi connectivity index (χ4n) is 2.09. The van der Waals surface area contributed by atoms with Gasteiger partial charge in [0.1, 0.15) is 5.75 Å². The molecule has 23 heavy (non-hydrogen) atoms. The molecule has 0 unspecified atom stereocenters. The summed E-state index contributed by atoms with van der Waals surface area (Å²) in [5.74, 6) is 0.697. The Labute approximate surface area is 138 Å². The van der Waals surface area contributed by atoms with Crippen molar-refractivity contribution in [2.45, 2.75) is 33.4 Å². The number of hydrogen-bond acceptors (Lipinski definition) is 2. The number of carbonyl (C=O) groups excluding carboxylic acids is 1. The lowest BCUT2D eigenvalue weighted by atomic mass is 10.1. The Balaban J connectivity index is 1.89. The average molecular weight is 309 g/mol. The summed E-state index contributed by atoms with van der Waals surface area (Å²) in [6.45, 7) is 6.55. The number of benzene rings is 2. The SMILES string of the molecule is Cc1ccc(CNC(=O)/C=C/c2cccc(OC(C)C)c2)cc1. The molecule has 3 nitrogen and oxygen atoms in total. The van der Waals surface area contributed by atoms with Gasteiger partial charge in [-0.2, -0.15) is 0 Å². The van der Waals surface area contributed by atoms with E-state index in [4.69, 9.17) is 4.74 Å². The van der Waals surface area contributed by atoms with E-state index in [9.17, 15) is 4.79 Å². The number of aryl methyl sites for hydroxylation is 1. The highest BCUT2D eigenvalue weighted by molar-refractivity contribution is 5.91. The summed E-state index contributed by atoms with van der Waals surface area (Å²) in [6, 6.07) is 15.8. The molecule has 0 fully saturated rings. The molecule has 2 rings (SSSR count). The Morgan fingerprint density at radius 1 is 1.17 bits per heavy atom. The molecule has 120 valence electrons. The smallest absolute Gasteiger partial charge is 0.244 e. The van der Waals surface area contributed by atoms with Crippen molar-refractivity contribution in [3.63, 3.8) is 0 Å². The highest BCUT2D eigenvalue weighted by Gasteiger charge is 1.99. The zero-order valence-corrected chi connectivity index (χ0v) is 13.9. The van der Waals surface area contributed by atoms with Crippen LogP contribution >= 0.6 is 0 Å². The van der Waals surface area contributed by atoms with Crippen LogP contribution in [-0.4, -0.2) is 12.0 Å². The van der Waals surface area contributed by atoms with Gasteiger partial charge in [0, 0.05) is 12.6 Å². The normalized spacial score (nSPS) is 11.0. The molecule has 0 aromatic heterocycles. The summed E-state index contributed by atoms with van der Waals surface area (Å²) in [4.78, 5) is 11.9. The van der Waals surface area contributed by atoms with Crippen LogP contribution in [0.15, 0.2) is 54.6 Å². The number of nitrogens with one attached hydrogen (secondary N) is 1. The molecule has 2 aromatic carbocycles. The van der Waals surface area contributed by atoms with Crippen LogP contribution < -0.4 is 10.1 Å². The van der Waals surface area contributed by atoms with Gasteiger partial charge < -0.3 is 10.1 Å². The second-order valence-electron chi connectivity index (χ2n) is 5.78. The minimum absolute atomic E-state index is 0.110. The molecule has 0 spiro atoms. The van der Waals surface area contributed by atoms with Gasteiger partial charge in [-0.3, -0.25) is 4.79 Å². The van der Waals surface area contributed by atoms with E-state index in [2.05, 4.69) is 5.32 Å². The van der Waals surface area contributed by atoms with E-state index in [0.717, 1.165) is 16.9 Å². The van der Waals surface area contributed by atoms with Crippen molar-refractivity contribution in [3.8, 4) is 5.75 Å². The van der Waals surface area contributed by atoms with Crippen molar-refractivity contribution in [1.82, 2.24) is 5.32 Å². The third kappa shape index (κ3) is 5.99. The second-order valence-corrected chi connectivity index (χ2v) is 5.78. The minimum Gasteiger partial charge on any atom is -0.491 e. The number of amides is 1. The number of ether oxygens (including phenoxy) is 1. The molecule has 0 aliphatic heterocycles. The summed E-state index contributed by atoms with van der Waals surface area (Å²) in [6.07, 6.45) is 3.47. The van der Waals surface area contributed by atoms with Crippen LogP contribution in [0.4, 0.5) is 0 Å². The molecule has 2 aromatic rings. The van der Waals surface area contributed by atoms with Gasteiger partial charge in [-0.05, 0) is 50.1 Å². The number of carbonyl (C=O) groups is 1. The molecular weight excluding hydrogens is 286 g/mol. The van der Waals surface area contributed by atoms with Gasteiger partial charge in [0.25, 0.3) is 0 Å². The van der Waals surface area contributed by atoms with Gasteiger partial charge in [-0.1, -0.05) is 42.0 Å². The first-order valence-corrected chi connectivity index (χ1v) is 7.81. The maximum Gasteiger partial charge on any atom is 0.244 e.